The van der Waals surface area contributed by atoms with Gasteiger partial charge in [0, 0.05) is 10.9 Å². The largest absolute Gasteiger partial charge is 0.481 e. The number of aliphatic carboxylic acids is 1. The van der Waals surface area contributed by atoms with Crippen LogP contribution in [0.15, 0.2) is 28.7 Å². The van der Waals surface area contributed by atoms with Crippen molar-refractivity contribution >= 4 is 21.9 Å². The molecule has 0 amide bonds. The Morgan fingerprint density at radius 3 is 2.53 bits per heavy atom. The number of hydrogen-bond acceptors (Lipinski definition) is 1. The van der Waals surface area contributed by atoms with Crippen molar-refractivity contribution in [1.82, 2.24) is 0 Å². The SMILES string of the molecule is O=C(O)CC1CCCCC1c1ccc(Br)cc1. The predicted molar refractivity (Wildman–Crippen MR) is 71.1 cm³/mol. The van der Waals surface area contributed by atoms with Crippen LogP contribution in [-0.2, 0) is 4.79 Å². The Balaban J connectivity index is 2.15. The minimum absolute atomic E-state index is 0.306. The maximum atomic E-state index is 10.9. The van der Waals surface area contributed by atoms with E-state index in [9.17, 15) is 4.79 Å². The van der Waals surface area contributed by atoms with Gasteiger partial charge < -0.3 is 5.11 Å². The second-order valence-corrected chi connectivity index (χ2v) is 5.72. The minimum Gasteiger partial charge on any atom is -0.481 e. The summed E-state index contributed by atoms with van der Waals surface area (Å²) in [5.74, 6) is 0.0642. The van der Waals surface area contributed by atoms with E-state index in [0.717, 1.165) is 17.3 Å². The average molecular weight is 297 g/mol. The Morgan fingerprint density at radius 2 is 1.88 bits per heavy atom. The van der Waals surface area contributed by atoms with Crippen LogP contribution in [0, 0.1) is 5.92 Å². The van der Waals surface area contributed by atoms with Gasteiger partial charge in [-0.2, -0.15) is 0 Å². The number of benzene rings is 1. The summed E-state index contributed by atoms with van der Waals surface area (Å²) in [4.78, 5) is 10.9. The van der Waals surface area contributed by atoms with E-state index in [2.05, 4.69) is 28.1 Å². The highest BCUT2D eigenvalue weighted by atomic mass is 79.9. The van der Waals surface area contributed by atoms with Crippen LogP contribution in [0.25, 0.3) is 0 Å². The number of hydrogen-bond donors (Lipinski definition) is 1. The molecule has 1 N–H and O–H groups in total. The number of carboxylic acids is 1. The molecule has 1 saturated carbocycles. The lowest BCUT2D eigenvalue weighted by Crippen LogP contribution is -2.20. The summed E-state index contributed by atoms with van der Waals surface area (Å²) < 4.78 is 1.08. The molecular formula is C14H17BrO2. The van der Waals surface area contributed by atoms with E-state index in [1.54, 1.807) is 0 Å². The van der Waals surface area contributed by atoms with Gasteiger partial charge in [0.15, 0.2) is 0 Å². The molecule has 2 unspecified atom stereocenters. The van der Waals surface area contributed by atoms with Crippen molar-refractivity contribution in [3.05, 3.63) is 34.3 Å². The van der Waals surface area contributed by atoms with Gasteiger partial charge in [-0.3, -0.25) is 4.79 Å². The maximum absolute atomic E-state index is 10.9. The third-order valence-corrected chi connectivity index (χ3v) is 4.17. The average Bonchev–Trinajstić information content (AvgIpc) is 2.30. The molecule has 0 radical (unpaired) electrons. The number of rotatable bonds is 3. The van der Waals surface area contributed by atoms with Gasteiger partial charge in [0.2, 0.25) is 0 Å². The predicted octanol–water partition coefficient (Wildman–Crippen LogP) is 4.20. The molecule has 0 aromatic heterocycles. The fourth-order valence-electron chi connectivity index (χ4n) is 2.83. The van der Waals surface area contributed by atoms with Crippen molar-refractivity contribution in [2.75, 3.05) is 0 Å². The van der Waals surface area contributed by atoms with Crippen molar-refractivity contribution in [3.8, 4) is 0 Å². The quantitative estimate of drug-likeness (QED) is 0.908. The molecule has 1 fully saturated rings. The van der Waals surface area contributed by atoms with Gasteiger partial charge >= 0.3 is 5.97 Å². The zero-order valence-corrected chi connectivity index (χ0v) is 11.3. The Kier molecular flexibility index (Phi) is 4.21. The second-order valence-electron chi connectivity index (χ2n) is 4.80. The smallest absolute Gasteiger partial charge is 0.303 e. The molecule has 1 aliphatic carbocycles. The first-order chi connectivity index (χ1) is 8.16. The first kappa shape index (κ1) is 12.6. The summed E-state index contributed by atoms with van der Waals surface area (Å²) in [7, 11) is 0. The number of halogens is 1. The van der Waals surface area contributed by atoms with E-state index >= 15 is 0 Å². The van der Waals surface area contributed by atoms with Gasteiger partial charge in [-0.15, -0.1) is 0 Å². The van der Waals surface area contributed by atoms with E-state index in [0.29, 0.717) is 18.3 Å². The number of carboxylic acid groups (broad SMARTS) is 1. The van der Waals surface area contributed by atoms with Crippen molar-refractivity contribution in [1.29, 1.82) is 0 Å². The highest BCUT2D eigenvalue weighted by Gasteiger charge is 2.28. The van der Waals surface area contributed by atoms with Gasteiger partial charge in [-0.05, 0) is 42.4 Å². The Morgan fingerprint density at radius 1 is 1.24 bits per heavy atom. The van der Waals surface area contributed by atoms with Crippen molar-refractivity contribution in [2.45, 2.75) is 38.0 Å². The lowest BCUT2D eigenvalue weighted by molar-refractivity contribution is -0.138. The van der Waals surface area contributed by atoms with E-state index in [4.69, 9.17) is 5.11 Å². The fourth-order valence-corrected chi connectivity index (χ4v) is 3.09. The van der Waals surface area contributed by atoms with Crippen molar-refractivity contribution < 1.29 is 9.90 Å². The van der Waals surface area contributed by atoms with E-state index < -0.39 is 5.97 Å². The van der Waals surface area contributed by atoms with Crippen LogP contribution >= 0.6 is 15.9 Å². The molecule has 1 aromatic rings. The lowest BCUT2D eigenvalue weighted by Gasteiger charge is -2.31. The van der Waals surface area contributed by atoms with Gasteiger partial charge in [-0.25, -0.2) is 0 Å². The van der Waals surface area contributed by atoms with Crippen LogP contribution in [0.5, 0.6) is 0 Å². The zero-order chi connectivity index (χ0) is 12.3. The molecule has 17 heavy (non-hydrogen) atoms. The second kappa shape index (κ2) is 5.67. The molecule has 0 spiro atoms. The highest BCUT2D eigenvalue weighted by molar-refractivity contribution is 9.10. The van der Waals surface area contributed by atoms with Gasteiger partial charge in [0.05, 0.1) is 0 Å². The van der Waals surface area contributed by atoms with Gasteiger partial charge in [0.25, 0.3) is 0 Å². The topological polar surface area (TPSA) is 37.3 Å². The monoisotopic (exact) mass is 296 g/mol. The molecule has 0 aliphatic heterocycles. The summed E-state index contributed by atoms with van der Waals surface area (Å²) >= 11 is 3.43. The molecular weight excluding hydrogens is 280 g/mol. The first-order valence-electron chi connectivity index (χ1n) is 6.14. The summed E-state index contributed by atoms with van der Waals surface area (Å²) in [6, 6.07) is 8.33. The Bertz CT molecular complexity index is 386. The van der Waals surface area contributed by atoms with E-state index in [-0.39, 0.29) is 0 Å². The molecule has 0 bridgehead atoms. The molecule has 1 aliphatic rings. The summed E-state index contributed by atoms with van der Waals surface area (Å²) in [5, 5.41) is 8.97. The molecule has 2 rings (SSSR count). The third kappa shape index (κ3) is 3.32. The Labute approximate surface area is 110 Å². The molecule has 0 heterocycles. The highest BCUT2D eigenvalue weighted by Crippen LogP contribution is 2.39. The van der Waals surface area contributed by atoms with Gasteiger partial charge in [-0.1, -0.05) is 40.9 Å². The standard InChI is InChI=1S/C14H17BrO2/c15-12-7-5-10(6-8-12)13-4-2-1-3-11(13)9-14(16)17/h5-8,11,13H,1-4,9H2,(H,16,17). The normalized spacial score (nSPS) is 24.5. The maximum Gasteiger partial charge on any atom is 0.303 e. The summed E-state index contributed by atoms with van der Waals surface area (Å²) in [6.07, 6.45) is 4.87. The molecule has 3 heteroatoms. The zero-order valence-electron chi connectivity index (χ0n) is 9.73. The van der Waals surface area contributed by atoms with E-state index in [1.807, 2.05) is 12.1 Å². The third-order valence-electron chi connectivity index (χ3n) is 3.64. The van der Waals surface area contributed by atoms with Crippen LogP contribution in [0.3, 0.4) is 0 Å². The Hall–Kier alpha value is -0.830. The minimum atomic E-state index is -0.668. The van der Waals surface area contributed by atoms with Crippen LogP contribution < -0.4 is 0 Å². The van der Waals surface area contributed by atoms with Crippen LogP contribution in [0.4, 0.5) is 0 Å². The first-order valence-corrected chi connectivity index (χ1v) is 6.93. The van der Waals surface area contributed by atoms with E-state index in [1.165, 1.54) is 18.4 Å². The van der Waals surface area contributed by atoms with Crippen LogP contribution in [-0.4, -0.2) is 11.1 Å². The van der Waals surface area contributed by atoms with Crippen LogP contribution in [0.1, 0.15) is 43.6 Å². The number of carbonyl (C=O) groups is 1. The molecule has 2 atom stereocenters. The molecule has 0 saturated heterocycles. The van der Waals surface area contributed by atoms with Gasteiger partial charge in [0.1, 0.15) is 0 Å². The molecule has 2 nitrogen and oxygen atoms in total. The summed E-state index contributed by atoms with van der Waals surface area (Å²) in [6.45, 7) is 0. The van der Waals surface area contributed by atoms with Crippen molar-refractivity contribution in [2.24, 2.45) is 5.92 Å². The van der Waals surface area contributed by atoms with Crippen molar-refractivity contribution in [3.63, 3.8) is 0 Å². The molecule has 1 aromatic carbocycles. The van der Waals surface area contributed by atoms with Crippen LogP contribution in [0.2, 0.25) is 0 Å². The lowest BCUT2D eigenvalue weighted by atomic mass is 9.74. The fraction of sp³-hybridized carbons (Fsp3) is 0.500. The molecule has 92 valence electrons. The summed E-state index contributed by atoms with van der Waals surface area (Å²) in [5.41, 5.74) is 1.29.